The Morgan fingerprint density at radius 3 is 2.23 bits per heavy atom. The molecule has 3 aromatic rings. The van der Waals surface area contributed by atoms with Crippen LogP contribution in [0.2, 0.25) is 0 Å². The Hall–Kier alpha value is -3.88. The number of aromatic nitrogens is 6. The molecular weight excluding hydrogens is 601 g/mol. The fourth-order valence-corrected chi connectivity index (χ4v) is 4.85. The molecule has 5 heterocycles. The first-order chi connectivity index (χ1) is 20.1. The van der Waals surface area contributed by atoms with Crippen LogP contribution < -0.4 is 15.1 Å². The zero-order valence-electron chi connectivity index (χ0n) is 23.5. The highest BCUT2D eigenvalue weighted by molar-refractivity contribution is 7.79. The minimum Gasteiger partial charge on any atom is -0.378 e. The summed E-state index contributed by atoms with van der Waals surface area (Å²) in [4.78, 5) is 39.8. The van der Waals surface area contributed by atoms with Crippen molar-refractivity contribution in [1.29, 1.82) is 0 Å². The predicted octanol–water partition coefficient (Wildman–Crippen LogP) is 1.13. The van der Waals surface area contributed by atoms with Crippen LogP contribution in [-0.4, -0.2) is 123 Å². The van der Waals surface area contributed by atoms with Gasteiger partial charge in [-0.2, -0.15) is 21.6 Å². The molecule has 2 fully saturated rings. The molecule has 0 radical (unpaired) electrons. The Morgan fingerprint density at radius 2 is 1.70 bits per heavy atom. The van der Waals surface area contributed by atoms with Crippen LogP contribution >= 0.6 is 0 Å². The molecule has 20 heteroatoms. The van der Waals surface area contributed by atoms with Crippen LogP contribution in [0.3, 0.4) is 0 Å². The first kappa shape index (κ1) is 32.0. The van der Waals surface area contributed by atoms with Crippen LogP contribution in [0, 0.1) is 0 Å². The lowest BCUT2D eigenvalue weighted by molar-refractivity contribution is -0.139. The third-order valence-electron chi connectivity index (χ3n) is 6.65. The molecular formula is C23H31F3N10O6S. The summed E-state index contributed by atoms with van der Waals surface area (Å²) < 4.78 is 79.8. The van der Waals surface area contributed by atoms with E-state index < -0.39 is 23.1 Å². The van der Waals surface area contributed by atoms with Crippen molar-refractivity contribution in [3.05, 3.63) is 12.4 Å². The summed E-state index contributed by atoms with van der Waals surface area (Å²) in [5.41, 5.74) is 0.817. The number of anilines is 3. The van der Waals surface area contributed by atoms with E-state index >= 15 is 0 Å². The number of carbonyl (C=O) groups excluding carboxylic acids is 1. The quantitative estimate of drug-likeness (QED) is 0.339. The van der Waals surface area contributed by atoms with Gasteiger partial charge in [0, 0.05) is 65.1 Å². The monoisotopic (exact) mass is 632 g/mol. The maximum atomic E-state index is 13.9. The number of morpholine rings is 1. The number of nitrogens with zero attached hydrogens (tertiary/aromatic N) is 9. The number of hydrogen-bond donors (Lipinski definition) is 3. The normalized spacial score (nSPS) is 18.0. The second-order valence-electron chi connectivity index (χ2n) is 9.76. The molecule has 3 N–H and O–H groups in total. The van der Waals surface area contributed by atoms with Gasteiger partial charge in [0.15, 0.2) is 22.8 Å². The summed E-state index contributed by atoms with van der Waals surface area (Å²) in [7, 11) is -2.98. The maximum Gasteiger partial charge on any atom is 0.406 e. The van der Waals surface area contributed by atoms with Crippen LogP contribution in [0.4, 0.5) is 30.9 Å². The van der Waals surface area contributed by atoms with Gasteiger partial charge in [0.1, 0.15) is 6.54 Å². The molecule has 236 valence electrons. The molecule has 5 rings (SSSR count). The highest BCUT2D eigenvalue weighted by Crippen LogP contribution is 2.34. The number of rotatable bonds is 5. The lowest BCUT2D eigenvalue weighted by atomic mass is 10.2. The fourth-order valence-electron chi connectivity index (χ4n) is 4.85. The zero-order valence-corrected chi connectivity index (χ0v) is 24.3. The highest BCUT2D eigenvalue weighted by Gasteiger charge is 2.35. The van der Waals surface area contributed by atoms with Crippen molar-refractivity contribution in [2.75, 3.05) is 68.1 Å². The second kappa shape index (κ2) is 12.8. The Balaban J connectivity index is 0.000000782. The molecule has 43 heavy (non-hydrogen) atoms. The molecule has 0 saturated carbocycles. The van der Waals surface area contributed by atoms with E-state index in [0.717, 1.165) is 4.57 Å². The maximum absolute atomic E-state index is 13.9. The van der Waals surface area contributed by atoms with Gasteiger partial charge in [-0.15, -0.1) is 0 Å². The SMILES string of the molecule is CNc1ncc(-c2nc(N3CCOCC3)c3nc(N4CCN(C(C)=O)[C@H](C)C4)n(CC(F)(F)F)c3n2)cn1.O=S(=O)(O)O. The van der Waals surface area contributed by atoms with E-state index in [0.29, 0.717) is 63.3 Å². The van der Waals surface area contributed by atoms with Gasteiger partial charge >= 0.3 is 16.6 Å². The summed E-state index contributed by atoms with van der Waals surface area (Å²) in [5, 5.41) is 2.83. The van der Waals surface area contributed by atoms with E-state index in [-0.39, 0.29) is 34.9 Å². The number of amides is 1. The van der Waals surface area contributed by atoms with Gasteiger partial charge in [0.25, 0.3) is 0 Å². The molecule has 2 saturated heterocycles. The number of halogens is 3. The van der Waals surface area contributed by atoms with Crippen LogP contribution in [0.5, 0.6) is 0 Å². The van der Waals surface area contributed by atoms with E-state index in [2.05, 4.69) is 20.3 Å². The average molecular weight is 633 g/mol. The van der Waals surface area contributed by atoms with Gasteiger partial charge in [-0.3, -0.25) is 18.5 Å². The molecule has 1 atom stereocenters. The number of hydrogen-bond acceptors (Lipinski definition) is 12. The van der Waals surface area contributed by atoms with E-state index in [1.807, 2.05) is 11.8 Å². The van der Waals surface area contributed by atoms with Crippen molar-refractivity contribution < 1.29 is 40.2 Å². The largest absolute Gasteiger partial charge is 0.406 e. The average Bonchev–Trinajstić information content (AvgIpc) is 3.28. The molecule has 2 aliphatic heterocycles. The number of alkyl halides is 3. The summed E-state index contributed by atoms with van der Waals surface area (Å²) >= 11 is 0. The molecule has 16 nitrogen and oxygen atoms in total. The minimum absolute atomic E-state index is 0.0717. The number of ether oxygens (including phenoxy) is 1. The standard InChI is InChI=1S/C23H29F3N10O2.H2O4S/c1-14-12-34(4-5-35(14)15(2)37)22-30-17-19(33-6-8-38-9-7-33)31-18(16-10-28-21(27-3)29-11-16)32-20(17)36(22)13-23(24,25)26;1-5(2,3)4/h10-11,14H,4-9,12-13H2,1-3H3,(H,27,28,29);(H2,1,2,3,4)/t14-;/m1./s1. The smallest absolute Gasteiger partial charge is 0.378 e. The first-order valence-corrected chi connectivity index (χ1v) is 14.4. The van der Waals surface area contributed by atoms with Crippen LogP contribution in [0.25, 0.3) is 22.6 Å². The Labute approximate surface area is 244 Å². The number of piperazine rings is 1. The van der Waals surface area contributed by atoms with Crippen LogP contribution in [-0.2, 0) is 26.5 Å². The van der Waals surface area contributed by atoms with Crippen molar-refractivity contribution in [2.24, 2.45) is 0 Å². The molecule has 0 unspecified atom stereocenters. The number of fused-ring (bicyclic) bond motifs is 1. The second-order valence-corrected chi connectivity index (χ2v) is 10.7. The molecule has 0 spiro atoms. The topological polar surface area (TPSA) is 192 Å². The van der Waals surface area contributed by atoms with Gasteiger partial charge in [0.05, 0.1) is 18.8 Å². The molecule has 0 bridgehead atoms. The van der Waals surface area contributed by atoms with Gasteiger partial charge in [-0.05, 0) is 6.92 Å². The molecule has 0 aromatic carbocycles. The molecule has 3 aromatic heterocycles. The minimum atomic E-state index is -4.67. The Bertz CT molecular complexity index is 1540. The van der Waals surface area contributed by atoms with Crippen molar-refractivity contribution in [3.8, 4) is 11.4 Å². The Kier molecular flexibility index (Phi) is 9.52. The van der Waals surface area contributed by atoms with Gasteiger partial charge in [-0.1, -0.05) is 0 Å². The van der Waals surface area contributed by atoms with E-state index in [1.54, 1.807) is 16.8 Å². The fraction of sp³-hybridized carbons (Fsp3) is 0.565. The third kappa shape index (κ3) is 8.15. The summed E-state index contributed by atoms with van der Waals surface area (Å²) in [6, 6.07) is -0.191. The van der Waals surface area contributed by atoms with Crippen molar-refractivity contribution in [1.82, 2.24) is 34.4 Å². The van der Waals surface area contributed by atoms with E-state index in [1.165, 1.54) is 19.3 Å². The van der Waals surface area contributed by atoms with E-state index in [9.17, 15) is 18.0 Å². The van der Waals surface area contributed by atoms with Crippen molar-refractivity contribution in [2.45, 2.75) is 32.6 Å². The lowest BCUT2D eigenvalue weighted by Gasteiger charge is -2.40. The van der Waals surface area contributed by atoms with Crippen LogP contribution in [0.1, 0.15) is 13.8 Å². The Morgan fingerprint density at radius 1 is 1.07 bits per heavy atom. The summed E-state index contributed by atoms with van der Waals surface area (Å²) in [6.07, 6.45) is -1.47. The van der Waals surface area contributed by atoms with Crippen LogP contribution in [0.15, 0.2) is 12.4 Å². The highest BCUT2D eigenvalue weighted by atomic mass is 32.3. The van der Waals surface area contributed by atoms with Gasteiger partial charge < -0.3 is 24.8 Å². The molecule has 1 amide bonds. The summed E-state index contributed by atoms with van der Waals surface area (Å²) in [6.45, 7) is 5.10. The number of imidazole rings is 1. The molecule has 0 aliphatic carbocycles. The summed E-state index contributed by atoms with van der Waals surface area (Å²) in [5.74, 6) is 1.11. The molecule has 2 aliphatic rings. The predicted molar refractivity (Wildman–Crippen MR) is 148 cm³/mol. The van der Waals surface area contributed by atoms with Gasteiger partial charge in [0.2, 0.25) is 17.8 Å². The van der Waals surface area contributed by atoms with E-state index in [4.69, 9.17) is 32.2 Å². The lowest BCUT2D eigenvalue weighted by Crippen LogP contribution is -2.54. The van der Waals surface area contributed by atoms with Gasteiger partial charge in [-0.25, -0.2) is 24.9 Å². The van der Waals surface area contributed by atoms with Crippen molar-refractivity contribution in [3.63, 3.8) is 0 Å². The van der Waals surface area contributed by atoms with Crippen molar-refractivity contribution >= 4 is 45.2 Å². The zero-order chi connectivity index (χ0) is 31.5. The third-order valence-corrected chi connectivity index (χ3v) is 6.65. The number of nitrogens with one attached hydrogen (secondary N) is 1. The number of carbonyl (C=O) groups is 1. The first-order valence-electron chi connectivity index (χ1n) is 13.0.